The standard InChI is InChI=1S/C12H17N3O.ClH/c1-9-4-2-3-7-15(9)12(16)10-8-14-6-5-11(10)13;/h5-6,8-9H,2-4,7H2,1H3,(H2,13,14);1H. The van der Waals surface area contributed by atoms with Crippen LogP contribution in [0.2, 0.25) is 0 Å². The molecular formula is C12H18ClN3O. The van der Waals surface area contributed by atoms with Crippen LogP contribution in [-0.2, 0) is 0 Å². The van der Waals surface area contributed by atoms with Crippen LogP contribution < -0.4 is 5.73 Å². The van der Waals surface area contributed by atoms with Crippen molar-refractivity contribution in [3.63, 3.8) is 0 Å². The first-order valence-corrected chi connectivity index (χ1v) is 5.70. The average Bonchev–Trinajstić information content (AvgIpc) is 2.29. The van der Waals surface area contributed by atoms with Gasteiger partial charge in [-0.2, -0.15) is 0 Å². The summed E-state index contributed by atoms with van der Waals surface area (Å²) >= 11 is 0. The van der Waals surface area contributed by atoms with Crippen LogP contribution in [0.1, 0.15) is 36.5 Å². The number of hydrogen-bond acceptors (Lipinski definition) is 3. The van der Waals surface area contributed by atoms with Crippen LogP contribution in [0, 0.1) is 0 Å². The molecule has 17 heavy (non-hydrogen) atoms. The molecule has 2 heterocycles. The molecule has 0 aliphatic carbocycles. The highest BCUT2D eigenvalue weighted by molar-refractivity contribution is 5.98. The van der Waals surface area contributed by atoms with Crippen molar-refractivity contribution in [3.05, 3.63) is 24.0 Å². The van der Waals surface area contributed by atoms with Gasteiger partial charge in [0.25, 0.3) is 5.91 Å². The smallest absolute Gasteiger partial charge is 0.257 e. The van der Waals surface area contributed by atoms with Crippen molar-refractivity contribution >= 4 is 24.0 Å². The molecule has 1 unspecified atom stereocenters. The molecule has 1 aromatic rings. The molecule has 0 aromatic carbocycles. The van der Waals surface area contributed by atoms with E-state index >= 15 is 0 Å². The molecule has 1 fully saturated rings. The number of aromatic nitrogens is 1. The van der Waals surface area contributed by atoms with E-state index in [1.807, 2.05) is 4.90 Å². The fourth-order valence-electron chi connectivity index (χ4n) is 2.14. The molecule has 0 radical (unpaired) electrons. The summed E-state index contributed by atoms with van der Waals surface area (Å²) in [6.45, 7) is 2.91. The monoisotopic (exact) mass is 255 g/mol. The predicted molar refractivity (Wildman–Crippen MR) is 70.2 cm³/mol. The van der Waals surface area contributed by atoms with Crippen molar-refractivity contribution in [1.29, 1.82) is 0 Å². The molecule has 1 aliphatic heterocycles. The molecule has 1 amide bonds. The van der Waals surface area contributed by atoms with E-state index in [9.17, 15) is 4.79 Å². The van der Waals surface area contributed by atoms with E-state index in [1.54, 1.807) is 18.5 Å². The van der Waals surface area contributed by atoms with Gasteiger partial charge in [-0.15, -0.1) is 12.4 Å². The maximum atomic E-state index is 12.2. The van der Waals surface area contributed by atoms with E-state index in [0.717, 1.165) is 19.4 Å². The number of halogens is 1. The van der Waals surface area contributed by atoms with Crippen LogP contribution in [0.15, 0.2) is 18.5 Å². The highest BCUT2D eigenvalue weighted by Crippen LogP contribution is 2.20. The molecule has 2 N–H and O–H groups in total. The molecule has 1 saturated heterocycles. The minimum Gasteiger partial charge on any atom is -0.398 e. The molecule has 4 nitrogen and oxygen atoms in total. The number of rotatable bonds is 1. The summed E-state index contributed by atoms with van der Waals surface area (Å²) in [4.78, 5) is 18.1. The molecule has 1 aliphatic rings. The number of carbonyl (C=O) groups excluding carboxylic acids is 1. The SMILES string of the molecule is CC1CCCCN1C(=O)c1cnccc1N.Cl. The Balaban J connectivity index is 0.00000144. The second kappa shape index (κ2) is 5.87. The van der Waals surface area contributed by atoms with Crippen LogP contribution in [0.25, 0.3) is 0 Å². The summed E-state index contributed by atoms with van der Waals surface area (Å²) in [6, 6.07) is 1.97. The first-order chi connectivity index (χ1) is 7.70. The second-order valence-corrected chi connectivity index (χ2v) is 4.31. The van der Waals surface area contributed by atoms with E-state index in [-0.39, 0.29) is 18.3 Å². The van der Waals surface area contributed by atoms with Crippen LogP contribution in [0.4, 0.5) is 5.69 Å². The summed E-state index contributed by atoms with van der Waals surface area (Å²) in [6.07, 6.45) is 6.51. The Morgan fingerprint density at radius 3 is 2.94 bits per heavy atom. The lowest BCUT2D eigenvalue weighted by Gasteiger charge is -2.33. The molecule has 0 saturated carbocycles. The summed E-state index contributed by atoms with van der Waals surface area (Å²) < 4.78 is 0. The van der Waals surface area contributed by atoms with Crippen molar-refractivity contribution in [2.24, 2.45) is 0 Å². The molecule has 94 valence electrons. The number of likely N-dealkylation sites (tertiary alicyclic amines) is 1. The minimum atomic E-state index is 0. The van der Waals surface area contributed by atoms with Gasteiger partial charge in [-0.3, -0.25) is 9.78 Å². The summed E-state index contributed by atoms with van der Waals surface area (Å²) in [5, 5.41) is 0. The van der Waals surface area contributed by atoms with E-state index in [2.05, 4.69) is 11.9 Å². The Hall–Kier alpha value is -1.29. The zero-order valence-electron chi connectivity index (χ0n) is 9.93. The van der Waals surface area contributed by atoms with Crippen molar-refractivity contribution in [1.82, 2.24) is 9.88 Å². The Kier molecular flexibility index (Phi) is 4.75. The van der Waals surface area contributed by atoms with Gasteiger partial charge in [0, 0.05) is 30.7 Å². The lowest BCUT2D eigenvalue weighted by Crippen LogP contribution is -2.42. The molecule has 1 atom stereocenters. The zero-order valence-corrected chi connectivity index (χ0v) is 10.7. The number of piperidine rings is 1. The molecule has 1 aromatic heterocycles. The lowest BCUT2D eigenvalue weighted by molar-refractivity contribution is 0.0636. The third-order valence-corrected chi connectivity index (χ3v) is 3.15. The van der Waals surface area contributed by atoms with Crippen molar-refractivity contribution in [2.45, 2.75) is 32.2 Å². The minimum absolute atomic E-state index is 0. The largest absolute Gasteiger partial charge is 0.398 e. The molecule has 2 rings (SSSR count). The van der Waals surface area contributed by atoms with Gasteiger partial charge in [0.15, 0.2) is 0 Å². The average molecular weight is 256 g/mol. The van der Waals surface area contributed by atoms with Gasteiger partial charge >= 0.3 is 0 Å². The number of pyridine rings is 1. The topological polar surface area (TPSA) is 59.2 Å². The number of anilines is 1. The van der Waals surface area contributed by atoms with E-state index in [4.69, 9.17) is 5.73 Å². The third kappa shape index (κ3) is 2.88. The van der Waals surface area contributed by atoms with Crippen molar-refractivity contribution in [2.75, 3.05) is 12.3 Å². The first kappa shape index (κ1) is 13.8. The molecule has 0 spiro atoms. The molecular weight excluding hydrogens is 238 g/mol. The highest BCUT2D eigenvalue weighted by atomic mass is 35.5. The Morgan fingerprint density at radius 2 is 2.29 bits per heavy atom. The van der Waals surface area contributed by atoms with Gasteiger partial charge in [0.1, 0.15) is 0 Å². The van der Waals surface area contributed by atoms with E-state index in [0.29, 0.717) is 17.3 Å². The van der Waals surface area contributed by atoms with Crippen molar-refractivity contribution in [3.8, 4) is 0 Å². The summed E-state index contributed by atoms with van der Waals surface area (Å²) in [7, 11) is 0. The number of hydrogen-bond donors (Lipinski definition) is 1. The maximum Gasteiger partial charge on any atom is 0.257 e. The lowest BCUT2D eigenvalue weighted by atomic mass is 10.0. The van der Waals surface area contributed by atoms with Crippen LogP contribution >= 0.6 is 12.4 Å². The van der Waals surface area contributed by atoms with Gasteiger partial charge in [-0.25, -0.2) is 0 Å². The van der Waals surface area contributed by atoms with Gasteiger partial charge in [0.2, 0.25) is 0 Å². The van der Waals surface area contributed by atoms with Gasteiger partial charge in [-0.1, -0.05) is 0 Å². The van der Waals surface area contributed by atoms with Crippen molar-refractivity contribution < 1.29 is 4.79 Å². The molecule has 5 heteroatoms. The molecule has 0 bridgehead atoms. The number of amides is 1. The first-order valence-electron chi connectivity index (χ1n) is 5.70. The van der Waals surface area contributed by atoms with Gasteiger partial charge in [-0.05, 0) is 32.3 Å². The number of nitrogens with zero attached hydrogens (tertiary/aromatic N) is 2. The number of nitrogen functional groups attached to an aromatic ring is 1. The zero-order chi connectivity index (χ0) is 11.5. The van der Waals surface area contributed by atoms with Crippen LogP contribution in [-0.4, -0.2) is 28.4 Å². The predicted octanol–water partition coefficient (Wildman–Crippen LogP) is 2.10. The second-order valence-electron chi connectivity index (χ2n) is 4.31. The third-order valence-electron chi connectivity index (χ3n) is 3.15. The number of carbonyl (C=O) groups is 1. The summed E-state index contributed by atoms with van der Waals surface area (Å²) in [5.41, 5.74) is 6.82. The van der Waals surface area contributed by atoms with E-state index < -0.39 is 0 Å². The van der Waals surface area contributed by atoms with Crippen LogP contribution in [0.5, 0.6) is 0 Å². The van der Waals surface area contributed by atoms with Gasteiger partial charge < -0.3 is 10.6 Å². The fraction of sp³-hybridized carbons (Fsp3) is 0.500. The normalized spacial score (nSPS) is 19.6. The van der Waals surface area contributed by atoms with Gasteiger partial charge in [0.05, 0.1) is 5.56 Å². The maximum absolute atomic E-state index is 12.2. The number of nitrogens with two attached hydrogens (primary N) is 1. The van der Waals surface area contributed by atoms with E-state index in [1.165, 1.54) is 6.42 Å². The summed E-state index contributed by atoms with van der Waals surface area (Å²) in [5.74, 6) is 0.0119. The van der Waals surface area contributed by atoms with Crippen LogP contribution in [0.3, 0.4) is 0 Å². The fourth-order valence-corrected chi connectivity index (χ4v) is 2.14. The Morgan fingerprint density at radius 1 is 1.53 bits per heavy atom. The Bertz CT molecular complexity index is 397. The Labute approximate surface area is 108 Å². The quantitative estimate of drug-likeness (QED) is 0.836. The highest BCUT2D eigenvalue weighted by Gasteiger charge is 2.25.